The van der Waals surface area contributed by atoms with E-state index in [9.17, 15) is 0 Å². The zero-order valence-electron chi connectivity index (χ0n) is 5.34. The van der Waals surface area contributed by atoms with Crippen molar-refractivity contribution >= 4 is 17.2 Å². The number of nitrogens with zero attached hydrogens (tertiary/aromatic N) is 5. The van der Waals surface area contributed by atoms with Crippen LogP contribution in [0, 0.1) is 0 Å². The van der Waals surface area contributed by atoms with Gasteiger partial charge in [0.1, 0.15) is 6.33 Å². The number of aromatic amines is 1. The Morgan fingerprint density at radius 3 is 2.73 bits per heavy atom. The number of hydrogen-bond acceptors (Lipinski definition) is 6. The topological polar surface area (TPSA) is 88.4 Å². The average molecular weight is 172 g/mol. The summed E-state index contributed by atoms with van der Waals surface area (Å²) >= 11 is 4.53. The van der Waals surface area contributed by atoms with Crippen molar-refractivity contribution in [3.05, 3.63) is 6.33 Å². The van der Waals surface area contributed by atoms with E-state index in [1.807, 2.05) is 0 Å². The van der Waals surface area contributed by atoms with Gasteiger partial charge in [-0.2, -0.15) is 0 Å². The molecule has 0 saturated heterocycles. The fourth-order valence-corrected chi connectivity index (χ4v) is 0.402. The molecular weight excluding hydrogens is 168 g/mol. The van der Waals surface area contributed by atoms with E-state index in [0.29, 0.717) is 11.6 Å². The first-order chi connectivity index (χ1) is 5.39. The van der Waals surface area contributed by atoms with Crippen LogP contribution in [0.2, 0.25) is 0 Å². The van der Waals surface area contributed by atoms with Crippen LogP contribution in [0.1, 0.15) is 0 Å². The third-order valence-corrected chi connectivity index (χ3v) is 0.867. The first-order valence-corrected chi connectivity index (χ1v) is 3.03. The molecule has 0 amide bonds. The Morgan fingerprint density at radius 2 is 2.55 bits per heavy atom. The maximum absolute atomic E-state index is 4.53. The first kappa shape index (κ1) is 7.66. The minimum Gasteiger partial charge on any atom is -0.372 e. The second-order valence-corrected chi connectivity index (χ2v) is 1.88. The van der Waals surface area contributed by atoms with Crippen molar-refractivity contribution in [2.45, 2.75) is 0 Å². The highest BCUT2D eigenvalue weighted by molar-refractivity contribution is 7.80. The molecule has 7 nitrogen and oxygen atoms in total. The Morgan fingerprint density at radius 1 is 1.64 bits per heavy atom. The van der Waals surface area contributed by atoms with E-state index in [1.165, 1.54) is 6.33 Å². The van der Waals surface area contributed by atoms with Crippen molar-refractivity contribution in [2.24, 2.45) is 10.4 Å². The molecule has 0 spiro atoms. The van der Waals surface area contributed by atoms with E-state index in [-0.39, 0.29) is 0 Å². The summed E-state index contributed by atoms with van der Waals surface area (Å²) in [5.41, 5.74) is 0. The van der Waals surface area contributed by atoms with Crippen molar-refractivity contribution in [3.63, 3.8) is 0 Å². The van der Waals surface area contributed by atoms with Gasteiger partial charge in [-0.15, -0.1) is 10.2 Å². The molecule has 1 N–H and O–H groups in total. The van der Waals surface area contributed by atoms with E-state index in [2.05, 4.69) is 48.1 Å². The van der Waals surface area contributed by atoms with Crippen LogP contribution < -0.4 is 0 Å². The van der Waals surface area contributed by atoms with Crippen molar-refractivity contribution < 1.29 is 4.84 Å². The van der Waals surface area contributed by atoms with Crippen LogP contribution in [-0.4, -0.2) is 32.2 Å². The summed E-state index contributed by atoms with van der Waals surface area (Å²) in [7, 11) is 0. The second kappa shape index (κ2) is 4.39. The predicted octanol–water partition coefficient (Wildman–Crippen LogP) is -0.0891. The largest absolute Gasteiger partial charge is 0.372 e. The summed E-state index contributed by atoms with van der Waals surface area (Å²) in [6.45, 7) is 0.384. The normalized spacial score (nSPS) is 13.6. The quantitative estimate of drug-likeness (QED) is 0.552. The summed E-state index contributed by atoms with van der Waals surface area (Å²) in [6.07, 6.45) is 1.40. The highest BCUT2D eigenvalue weighted by Crippen LogP contribution is 1.93. The van der Waals surface area contributed by atoms with Gasteiger partial charge in [0.05, 0.1) is 0 Å². The second-order valence-electron chi connectivity index (χ2n) is 1.41. The van der Waals surface area contributed by atoms with Gasteiger partial charge in [-0.05, 0) is 10.4 Å². The van der Waals surface area contributed by atoms with Gasteiger partial charge in [-0.25, -0.2) is 5.10 Å². The molecule has 8 heteroatoms. The van der Waals surface area contributed by atoms with Crippen LogP contribution in [0.4, 0.5) is 0 Å². The molecule has 11 heavy (non-hydrogen) atoms. The molecule has 2 heterocycles. The lowest BCUT2D eigenvalue weighted by atomic mass is 10.7. The van der Waals surface area contributed by atoms with Crippen molar-refractivity contribution in [2.75, 3.05) is 6.61 Å². The lowest BCUT2D eigenvalue weighted by Crippen LogP contribution is -1.88. The third kappa shape index (κ3) is 3.30. The molecule has 1 aromatic rings. The highest BCUT2D eigenvalue weighted by Gasteiger charge is 1.98. The standard InChI is InChI=1S/C2H2N2OS.CH2N4/c6-2-1-5-4-3-2;1-2-4-5-3-1/h1H2;1H,(H,2,3,4,5). The van der Waals surface area contributed by atoms with Gasteiger partial charge in [0, 0.05) is 5.28 Å². The minimum atomic E-state index is 0.384. The Hall–Kier alpha value is -1.44. The van der Waals surface area contributed by atoms with E-state index in [0.717, 1.165) is 0 Å². The number of aromatic nitrogens is 4. The molecule has 0 unspecified atom stereocenters. The Bertz CT molecular complexity index is 215. The smallest absolute Gasteiger partial charge is 0.173 e. The van der Waals surface area contributed by atoms with Crippen molar-refractivity contribution in [3.8, 4) is 0 Å². The lowest BCUT2D eigenvalue weighted by molar-refractivity contribution is 0.186. The fourth-order valence-electron chi connectivity index (χ4n) is 0.316. The number of H-pyrrole nitrogens is 1. The van der Waals surface area contributed by atoms with Gasteiger partial charge in [0.15, 0.2) is 11.6 Å². The molecule has 0 saturated carbocycles. The van der Waals surface area contributed by atoms with Gasteiger partial charge in [-0.3, -0.25) is 0 Å². The number of thiocarbonyl (C=S) groups is 1. The summed E-state index contributed by atoms with van der Waals surface area (Å²) < 4.78 is 0. The monoisotopic (exact) mass is 172 g/mol. The molecule has 0 fully saturated rings. The molecule has 0 aliphatic carbocycles. The molecule has 1 aromatic heterocycles. The highest BCUT2D eigenvalue weighted by atomic mass is 32.1. The first-order valence-electron chi connectivity index (χ1n) is 2.62. The molecule has 58 valence electrons. The summed E-state index contributed by atoms with van der Waals surface area (Å²) in [6, 6.07) is 0. The average Bonchev–Trinajstić information content (AvgIpc) is 2.57. The van der Waals surface area contributed by atoms with Crippen molar-refractivity contribution in [1.82, 2.24) is 20.6 Å². The number of tetrazole rings is 1. The van der Waals surface area contributed by atoms with Gasteiger partial charge >= 0.3 is 0 Å². The summed E-state index contributed by atoms with van der Waals surface area (Å²) in [5.74, 6) is 0. The van der Waals surface area contributed by atoms with Gasteiger partial charge in [0.2, 0.25) is 0 Å². The van der Waals surface area contributed by atoms with Gasteiger partial charge < -0.3 is 4.84 Å². The van der Waals surface area contributed by atoms with E-state index in [1.54, 1.807) is 0 Å². The molecule has 2 rings (SSSR count). The number of rotatable bonds is 0. The van der Waals surface area contributed by atoms with Gasteiger partial charge in [0.25, 0.3) is 0 Å². The van der Waals surface area contributed by atoms with Crippen LogP contribution in [0.15, 0.2) is 16.7 Å². The van der Waals surface area contributed by atoms with Crippen LogP contribution in [0.5, 0.6) is 0 Å². The minimum absolute atomic E-state index is 0.384. The zero-order valence-corrected chi connectivity index (χ0v) is 6.15. The Labute approximate surface area is 66.8 Å². The Balaban J connectivity index is 0.000000112. The molecule has 0 aromatic carbocycles. The third-order valence-electron chi connectivity index (χ3n) is 0.668. The number of nitrogens with one attached hydrogen (secondary N) is 1. The molecule has 0 atom stereocenters. The molecule has 0 bridgehead atoms. The van der Waals surface area contributed by atoms with Gasteiger partial charge in [-0.1, -0.05) is 12.2 Å². The van der Waals surface area contributed by atoms with E-state index in [4.69, 9.17) is 0 Å². The maximum atomic E-state index is 4.53. The van der Waals surface area contributed by atoms with E-state index >= 15 is 0 Å². The molecular formula is C3H4N6OS. The van der Waals surface area contributed by atoms with Crippen molar-refractivity contribution in [1.29, 1.82) is 0 Å². The summed E-state index contributed by atoms with van der Waals surface area (Å²) in [4.78, 5) is 4.90. The lowest BCUT2D eigenvalue weighted by Gasteiger charge is -1.73. The Kier molecular flexibility index (Phi) is 3.06. The molecule has 1 aliphatic heterocycles. The van der Waals surface area contributed by atoms with Crippen LogP contribution in [0.25, 0.3) is 0 Å². The van der Waals surface area contributed by atoms with E-state index < -0.39 is 0 Å². The number of hydrogen-bond donors (Lipinski definition) is 1. The SMILES string of the molecule is S=C1CON=N1.c1nnn[nH]1. The zero-order chi connectivity index (χ0) is 7.94. The molecule has 0 radical (unpaired) electrons. The fraction of sp³-hybridized carbons (Fsp3) is 0.333. The van der Waals surface area contributed by atoms with Crippen LogP contribution >= 0.6 is 12.2 Å². The van der Waals surface area contributed by atoms with Crippen LogP contribution in [-0.2, 0) is 4.84 Å². The summed E-state index contributed by atoms with van der Waals surface area (Å²) in [5, 5.41) is 18.6. The maximum Gasteiger partial charge on any atom is 0.173 e. The molecule has 1 aliphatic rings. The van der Waals surface area contributed by atoms with Crippen LogP contribution in [0.3, 0.4) is 0 Å². The predicted molar refractivity (Wildman–Crippen MR) is 37.6 cm³/mol.